The standard InChI is InChI=1S/C8H14N4O3/c1-12-7(6(9)3-11-12)8(15)10-2-5(14)4-13/h3,5,13-14H,2,4,9H2,1H3,(H,10,15). The van der Waals surface area contributed by atoms with Gasteiger partial charge in [0.15, 0.2) is 0 Å². The normalized spacial score (nSPS) is 12.5. The number of anilines is 1. The van der Waals surface area contributed by atoms with Crippen LogP contribution >= 0.6 is 0 Å². The molecule has 1 aromatic rings. The second kappa shape index (κ2) is 4.76. The quantitative estimate of drug-likeness (QED) is 0.467. The molecule has 0 radical (unpaired) electrons. The fourth-order valence-corrected chi connectivity index (χ4v) is 1.09. The van der Waals surface area contributed by atoms with Crippen molar-refractivity contribution in [1.29, 1.82) is 0 Å². The Morgan fingerprint density at radius 3 is 2.93 bits per heavy atom. The zero-order valence-corrected chi connectivity index (χ0v) is 8.34. The largest absolute Gasteiger partial charge is 0.396 e. The fourth-order valence-electron chi connectivity index (χ4n) is 1.09. The summed E-state index contributed by atoms with van der Waals surface area (Å²) in [6, 6.07) is 0. The van der Waals surface area contributed by atoms with Crippen molar-refractivity contribution in [3.8, 4) is 0 Å². The molecule has 84 valence electrons. The van der Waals surface area contributed by atoms with Crippen LogP contribution in [0.3, 0.4) is 0 Å². The minimum Gasteiger partial charge on any atom is -0.396 e. The van der Waals surface area contributed by atoms with Crippen molar-refractivity contribution >= 4 is 11.6 Å². The van der Waals surface area contributed by atoms with Crippen LogP contribution in [0.2, 0.25) is 0 Å². The van der Waals surface area contributed by atoms with Crippen LogP contribution in [0.15, 0.2) is 6.20 Å². The van der Waals surface area contributed by atoms with Crippen molar-refractivity contribution in [2.45, 2.75) is 6.10 Å². The molecule has 0 aliphatic carbocycles. The summed E-state index contributed by atoms with van der Waals surface area (Å²) in [4.78, 5) is 11.5. The number of aromatic nitrogens is 2. The molecule has 1 amide bonds. The first-order valence-electron chi connectivity index (χ1n) is 4.40. The third kappa shape index (κ3) is 2.67. The molecule has 0 aliphatic heterocycles. The molecule has 0 bridgehead atoms. The number of aliphatic hydroxyl groups is 2. The number of nitrogen functional groups attached to an aromatic ring is 1. The Morgan fingerprint density at radius 1 is 1.80 bits per heavy atom. The number of hydrogen-bond acceptors (Lipinski definition) is 5. The number of carbonyl (C=O) groups excluding carboxylic acids is 1. The molecule has 0 aromatic carbocycles. The maximum Gasteiger partial charge on any atom is 0.271 e. The highest BCUT2D eigenvalue weighted by Gasteiger charge is 2.15. The van der Waals surface area contributed by atoms with Gasteiger partial charge in [0.1, 0.15) is 5.69 Å². The average Bonchev–Trinajstić information content (AvgIpc) is 2.54. The summed E-state index contributed by atoms with van der Waals surface area (Å²) in [5, 5.41) is 23.8. The van der Waals surface area contributed by atoms with Gasteiger partial charge in [0.2, 0.25) is 0 Å². The van der Waals surface area contributed by atoms with Crippen LogP contribution in [-0.4, -0.2) is 45.2 Å². The Bertz CT molecular complexity index is 330. The van der Waals surface area contributed by atoms with Gasteiger partial charge >= 0.3 is 0 Å². The van der Waals surface area contributed by atoms with E-state index in [2.05, 4.69) is 10.4 Å². The van der Waals surface area contributed by atoms with E-state index in [1.807, 2.05) is 0 Å². The van der Waals surface area contributed by atoms with E-state index in [1.54, 1.807) is 7.05 Å². The van der Waals surface area contributed by atoms with Crippen molar-refractivity contribution in [2.75, 3.05) is 18.9 Å². The number of nitrogens with two attached hydrogens (primary N) is 1. The Morgan fingerprint density at radius 2 is 2.47 bits per heavy atom. The molecule has 7 heteroatoms. The first-order chi connectivity index (χ1) is 7.06. The average molecular weight is 214 g/mol. The number of aryl methyl sites for hydroxylation is 1. The number of amides is 1. The molecule has 15 heavy (non-hydrogen) atoms. The predicted octanol–water partition coefficient (Wildman–Crippen LogP) is -1.91. The van der Waals surface area contributed by atoms with E-state index in [9.17, 15) is 4.79 Å². The van der Waals surface area contributed by atoms with Crippen LogP contribution in [0.1, 0.15) is 10.5 Å². The van der Waals surface area contributed by atoms with Gasteiger partial charge in [-0.05, 0) is 0 Å². The van der Waals surface area contributed by atoms with Crippen LogP contribution in [0, 0.1) is 0 Å². The molecule has 0 aliphatic rings. The van der Waals surface area contributed by atoms with Gasteiger partial charge in [-0.2, -0.15) is 5.10 Å². The topological polar surface area (TPSA) is 113 Å². The van der Waals surface area contributed by atoms with Crippen molar-refractivity contribution in [3.05, 3.63) is 11.9 Å². The van der Waals surface area contributed by atoms with Crippen LogP contribution < -0.4 is 11.1 Å². The van der Waals surface area contributed by atoms with E-state index in [0.717, 1.165) is 0 Å². The zero-order chi connectivity index (χ0) is 11.4. The minimum absolute atomic E-state index is 0.0278. The Hall–Kier alpha value is -1.60. The summed E-state index contributed by atoms with van der Waals surface area (Å²) in [5.74, 6) is -0.431. The van der Waals surface area contributed by atoms with Gasteiger partial charge in [-0.15, -0.1) is 0 Å². The third-order valence-electron chi connectivity index (χ3n) is 1.89. The predicted molar refractivity (Wildman–Crippen MR) is 53.0 cm³/mol. The molecule has 7 nitrogen and oxygen atoms in total. The van der Waals surface area contributed by atoms with E-state index in [1.165, 1.54) is 10.9 Å². The SMILES string of the molecule is Cn1ncc(N)c1C(=O)NCC(O)CO. The van der Waals surface area contributed by atoms with Crippen LogP contribution in [0.4, 0.5) is 5.69 Å². The van der Waals surface area contributed by atoms with E-state index in [4.69, 9.17) is 15.9 Å². The molecule has 0 fully saturated rings. The summed E-state index contributed by atoms with van der Waals surface area (Å²) in [6.07, 6.45) is 0.403. The summed E-state index contributed by atoms with van der Waals surface area (Å²) in [7, 11) is 1.59. The van der Waals surface area contributed by atoms with Gasteiger partial charge < -0.3 is 21.3 Å². The second-order valence-corrected chi connectivity index (χ2v) is 3.12. The molecule has 1 rings (SSSR count). The van der Waals surface area contributed by atoms with Gasteiger partial charge in [-0.25, -0.2) is 0 Å². The monoisotopic (exact) mass is 214 g/mol. The number of carbonyl (C=O) groups is 1. The van der Waals surface area contributed by atoms with E-state index in [0.29, 0.717) is 0 Å². The van der Waals surface area contributed by atoms with Gasteiger partial charge in [0.25, 0.3) is 5.91 Å². The Kier molecular flexibility index (Phi) is 3.64. The molecular weight excluding hydrogens is 200 g/mol. The summed E-state index contributed by atoms with van der Waals surface area (Å²) >= 11 is 0. The first kappa shape index (κ1) is 11.5. The molecular formula is C8H14N4O3. The molecule has 1 heterocycles. The molecule has 0 spiro atoms. The van der Waals surface area contributed by atoms with Crippen LogP contribution in [0.25, 0.3) is 0 Å². The maximum atomic E-state index is 11.5. The molecule has 0 saturated heterocycles. The van der Waals surface area contributed by atoms with Crippen molar-refractivity contribution < 1.29 is 15.0 Å². The molecule has 0 saturated carbocycles. The zero-order valence-electron chi connectivity index (χ0n) is 8.34. The molecule has 1 aromatic heterocycles. The van der Waals surface area contributed by atoms with Crippen LogP contribution in [-0.2, 0) is 7.05 Å². The van der Waals surface area contributed by atoms with Gasteiger partial charge in [-0.3, -0.25) is 9.48 Å². The van der Waals surface area contributed by atoms with Gasteiger partial charge in [0, 0.05) is 13.6 Å². The lowest BCUT2D eigenvalue weighted by atomic mass is 10.3. The van der Waals surface area contributed by atoms with E-state index < -0.39 is 18.6 Å². The van der Waals surface area contributed by atoms with Gasteiger partial charge in [0.05, 0.1) is 24.6 Å². The highest BCUT2D eigenvalue weighted by molar-refractivity contribution is 5.97. The molecule has 1 atom stereocenters. The molecule has 5 N–H and O–H groups in total. The summed E-state index contributed by atoms with van der Waals surface area (Å²) in [5.41, 5.74) is 6.03. The highest BCUT2D eigenvalue weighted by Crippen LogP contribution is 2.08. The van der Waals surface area contributed by atoms with Crippen molar-refractivity contribution in [2.24, 2.45) is 7.05 Å². The van der Waals surface area contributed by atoms with Crippen molar-refractivity contribution in [1.82, 2.24) is 15.1 Å². The van der Waals surface area contributed by atoms with Crippen molar-refractivity contribution in [3.63, 3.8) is 0 Å². The van der Waals surface area contributed by atoms with E-state index in [-0.39, 0.29) is 17.9 Å². The molecule has 1 unspecified atom stereocenters. The number of aliphatic hydroxyl groups excluding tert-OH is 2. The smallest absolute Gasteiger partial charge is 0.271 e. The van der Waals surface area contributed by atoms with E-state index >= 15 is 0 Å². The summed E-state index contributed by atoms with van der Waals surface area (Å²) < 4.78 is 1.34. The maximum absolute atomic E-state index is 11.5. The summed E-state index contributed by atoms with van der Waals surface area (Å²) in [6.45, 7) is -0.429. The lowest BCUT2D eigenvalue weighted by Crippen LogP contribution is -2.35. The lowest BCUT2D eigenvalue weighted by molar-refractivity contribution is 0.0796. The Labute approximate surface area is 86.5 Å². The lowest BCUT2D eigenvalue weighted by Gasteiger charge is -2.09. The fraction of sp³-hybridized carbons (Fsp3) is 0.500. The number of nitrogens with one attached hydrogen (secondary N) is 1. The number of hydrogen-bond donors (Lipinski definition) is 4. The number of rotatable bonds is 4. The highest BCUT2D eigenvalue weighted by atomic mass is 16.3. The van der Waals surface area contributed by atoms with Gasteiger partial charge in [-0.1, -0.05) is 0 Å². The first-order valence-corrected chi connectivity index (χ1v) is 4.40. The number of nitrogens with zero attached hydrogens (tertiary/aromatic N) is 2. The second-order valence-electron chi connectivity index (χ2n) is 3.12. The third-order valence-corrected chi connectivity index (χ3v) is 1.89. The Balaban J connectivity index is 2.62. The van der Waals surface area contributed by atoms with Crippen LogP contribution in [0.5, 0.6) is 0 Å². The minimum atomic E-state index is -0.969.